The van der Waals surface area contributed by atoms with Crippen LogP contribution < -0.4 is 5.73 Å². The van der Waals surface area contributed by atoms with E-state index in [9.17, 15) is 4.79 Å². The van der Waals surface area contributed by atoms with E-state index in [1.807, 2.05) is 37.3 Å². The molecule has 0 spiro atoms. The normalized spacial score (nSPS) is 15.2. The lowest BCUT2D eigenvalue weighted by Gasteiger charge is -2.15. The molecule has 0 bridgehead atoms. The van der Waals surface area contributed by atoms with Gasteiger partial charge in [0.2, 0.25) is 0 Å². The van der Waals surface area contributed by atoms with Crippen molar-refractivity contribution in [2.45, 2.75) is 39.7 Å². The monoisotopic (exact) mass is 317 g/mol. The van der Waals surface area contributed by atoms with Gasteiger partial charge in [-0.15, -0.1) is 0 Å². The molecule has 0 fully saturated rings. The van der Waals surface area contributed by atoms with Crippen molar-refractivity contribution in [2.75, 3.05) is 7.11 Å². The minimum Gasteiger partial charge on any atom is -0.501 e. The Labute approximate surface area is 138 Å². The van der Waals surface area contributed by atoms with Gasteiger partial charge in [-0.05, 0) is 48.5 Å². The van der Waals surface area contributed by atoms with E-state index in [1.54, 1.807) is 7.11 Å². The summed E-state index contributed by atoms with van der Waals surface area (Å²) in [5.41, 5.74) is 8.87. The van der Waals surface area contributed by atoms with E-state index >= 15 is 0 Å². The van der Waals surface area contributed by atoms with Crippen molar-refractivity contribution in [3.63, 3.8) is 0 Å². The van der Waals surface area contributed by atoms with Crippen LogP contribution in [0, 0.1) is 5.92 Å². The first-order valence-corrected chi connectivity index (χ1v) is 7.89. The average molecular weight is 317 g/mol. The van der Waals surface area contributed by atoms with Crippen LogP contribution >= 0.6 is 0 Å². The lowest BCUT2D eigenvalue weighted by Crippen LogP contribution is -2.32. The molecule has 1 aromatic rings. The number of nitrogens with two attached hydrogens (primary N) is 1. The van der Waals surface area contributed by atoms with Crippen molar-refractivity contribution in [1.82, 2.24) is 0 Å². The summed E-state index contributed by atoms with van der Waals surface area (Å²) < 4.78 is 5.18. The van der Waals surface area contributed by atoms with Gasteiger partial charge in [-0.2, -0.15) is 0 Å². The summed E-state index contributed by atoms with van der Waals surface area (Å²) in [5.74, 6) is 0.298. The third kappa shape index (κ3) is 5.91. The highest BCUT2D eigenvalue weighted by atomic mass is 16.5. The first kappa shape index (κ1) is 19.0. The van der Waals surface area contributed by atoms with E-state index in [4.69, 9.17) is 15.6 Å². The minimum absolute atomic E-state index is 0.334. The Bertz CT molecular complexity index is 573. The number of aliphatic carboxylic acids is 1. The van der Waals surface area contributed by atoms with Crippen LogP contribution in [0.3, 0.4) is 0 Å². The number of carboxylic acids is 1. The lowest BCUT2D eigenvalue weighted by molar-refractivity contribution is -0.138. The summed E-state index contributed by atoms with van der Waals surface area (Å²) >= 11 is 0. The van der Waals surface area contributed by atoms with Gasteiger partial charge in [0.1, 0.15) is 6.04 Å². The second-order valence-electron chi connectivity index (χ2n) is 5.76. The summed E-state index contributed by atoms with van der Waals surface area (Å²) in [7, 11) is 1.66. The van der Waals surface area contributed by atoms with Gasteiger partial charge < -0.3 is 15.6 Å². The Kier molecular flexibility index (Phi) is 7.55. The lowest BCUT2D eigenvalue weighted by atomic mass is 9.90. The van der Waals surface area contributed by atoms with Crippen molar-refractivity contribution in [3.8, 4) is 0 Å². The second-order valence-corrected chi connectivity index (χ2v) is 5.76. The zero-order chi connectivity index (χ0) is 17.4. The van der Waals surface area contributed by atoms with Crippen LogP contribution in [0.2, 0.25) is 0 Å². The fourth-order valence-corrected chi connectivity index (χ4v) is 2.21. The number of hydrogen-bond acceptors (Lipinski definition) is 3. The third-order valence-electron chi connectivity index (χ3n) is 4.02. The van der Waals surface area contributed by atoms with Crippen molar-refractivity contribution in [3.05, 3.63) is 53.3 Å². The smallest absolute Gasteiger partial charge is 0.320 e. The number of carboxylic acid groups (broad SMARTS) is 1. The van der Waals surface area contributed by atoms with Gasteiger partial charge in [0.25, 0.3) is 0 Å². The molecule has 2 atom stereocenters. The van der Waals surface area contributed by atoms with Crippen LogP contribution in [0.25, 0.3) is 5.57 Å². The van der Waals surface area contributed by atoms with Gasteiger partial charge >= 0.3 is 5.97 Å². The first-order valence-electron chi connectivity index (χ1n) is 7.89. The maximum Gasteiger partial charge on any atom is 0.320 e. The van der Waals surface area contributed by atoms with Crippen molar-refractivity contribution >= 4 is 11.5 Å². The largest absolute Gasteiger partial charge is 0.501 e. The standard InChI is InChI=1S/C19H27NO3/c1-5-13(2)17(11-6-14(3)23-4)16-9-7-15(8-10-16)12-18(20)19(21)22/h6-11,13,18H,5,12,20H2,1-4H3,(H,21,22)/b14-6+,17-11+/t13?,18-/m0/s1. The third-order valence-corrected chi connectivity index (χ3v) is 4.02. The molecule has 0 aliphatic heterocycles. The van der Waals surface area contributed by atoms with Crippen molar-refractivity contribution < 1.29 is 14.6 Å². The fraction of sp³-hybridized carbons (Fsp3) is 0.421. The predicted molar refractivity (Wildman–Crippen MR) is 94.0 cm³/mol. The van der Waals surface area contributed by atoms with E-state index in [-0.39, 0.29) is 0 Å². The van der Waals surface area contributed by atoms with Crippen LogP contribution in [-0.4, -0.2) is 24.2 Å². The van der Waals surface area contributed by atoms with E-state index in [2.05, 4.69) is 19.9 Å². The Morgan fingerprint density at radius 2 is 1.91 bits per heavy atom. The van der Waals surface area contributed by atoms with Gasteiger partial charge in [-0.25, -0.2) is 0 Å². The Morgan fingerprint density at radius 3 is 2.39 bits per heavy atom. The molecule has 0 aromatic heterocycles. The van der Waals surface area contributed by atoms with Crippen molar-refractivity contribution in [2.24, 2.45) is 11.7 Å². The molecule has 23 heavy (non-hydrogen) atoms. The molecule has 0 amide bonds. The molecule has 4 nitrogen and oxygen atoms in total. The van der Waals surface area contributed by atoms with E-state index in [1.165, 1.54) is 5.57 Å². The molecule has 3 N–H and O–H groups in total. The molecule has 0 aliphatic rings. The van der Waals surface area contributed by atoms with E-state index < -0.39 is 12.0 Å². The number of hydrogen-bond donors (Lipinski definition) is 2. The van der Waals surface area contributed by atoms with Crippen molar-refractivity contribution in [1.29, 1.82) is 0 Å². The predicted octanol–water partition coefficient (Wildman–Crippen LogP) is 3.62. The van der Waals surface area contributed by atoms with Crippen LogP contribution in [0.1, 0.15) is 38.3 Å². The number of methoxy groups -OCH3 is 1. The zero-order valence-electron chi connectivity index (χ0n) is 14.4. The SMILES string of the molecule is CCC(C)/C(=C\C=C(/C)OC)c1ccc(C[C@H](N)C(=O)O)cc1. The number of allylic oxidation sites excluding steroid dienone is 4. The molecule has 1 rings (SSSR count). The molecule has 1 unspecified atom stereocenters. The topological polar surface area (TPSA) is 72.5 Å². The molecule has 0 heterocycles. The summed E-state index contributed by atoms with van der Waals surface area (Å²) in [6.07, 6.45) is 5.43. The average Bonchev–Trinajstić information content (AvgIpc) is 2.55. The van der Waals surface area contributed by atoms with E-state index in [0.717, 1.165) is 23.3 Å². The summed E-state index contributed by atoms with van der Waals surface area (Å²) in [6, 6.07) is 7.08. The Morgan fingerprint density at radius 1 is 1.30 bits per heavy atom. The highest BCUT2D eigenvalue weighted by Crippen LogP contribution is 2.26. The van der Waals surface area contributed by atoms with Crippen LogP contribution in [-0.2, 0) is 16.0 Å². The molecular weight excluding hydrogens is 290 g/mol. The number of ether oxygens (including phenoxy) is 1. The molecule has 0 saturated heterocycles. The first-order chi connectivity index (χ1) is 10.9. The van der Waals surface area contributed by atoms with Gasteiger partial charge in [0, 0.05) is 0 Å². The molecule has 1 aromatic carbocycles. The number of rotatable bonds is 8. The number of carbonyl (C=O) groups is 1. The summed E-state index contributed by atoms with van der Waals surface area (Å²) in [6.45, 7) is 6.27. The Hall–Kier alpha value is -2.07. The number of benzene rings is 1. The molecular formula is C19H27NO3. The van der Waals surface area contributed by atoms with Gasteiger partial charge in [0.05, 0.1) is 12.9 Å². The van der Waals surface area contributed by atoms with E-state index in [0.29, 0.717) is 12.3 Å². The molecule has 126 valence electrons. The summed E-state index contributed by atoms with van der Waals surface area (Å²) in [5, 5.41) is 8.88. The fourth-order valence-electron chi connectivity index (χ4n) is 2.21. The summed E-state index contributed by atoms with van der Waals surface area (Å²) in [4.78, 5) is 10.8. The van der Waals surface area contributed by atoms with Crippen LogP contribution in [0.4, 0.5) is 0 Å². The van der Waals surface area contributed by atoms with Crippen LogP contribution in [0.15, 0.2) is 42.2 Å². The van der Waals surface area contributed by atoms with Gasteiger partial charge in [0.15, 0.2) is 0 Å². The maximum absolute atomic E-state index is 10.8. The second kappa shape index (κ2) is 9.16. The Balaban J connectivity index is 3.02. The highest BCUT2D eigenvalue weighted by Gasteiger charge is 2.13. The maximum atomic E-state index is 10.8. The van der Waals surface area contributed by atoms with Crippen LogP contribution in [0.5, 0.6) is 0 Å². The van der Waals surface area contributed by atoms with Gasteiger partial charge in [-0.1, -0.05) is 44.2 Å². The molecule has 0 radical (unpaired) electrons. The van der Waals surface area contributed by atoms with Gasteiger partial charge in [-0.3, -0.25) is 4.79 Å². The zero-order valence-corrected chi connectivity index (χ0v) is 14.4. The quantitative estimate of drug-likeness (QED) is 0.567. The molecule has 0 saturated carbocycles. The minimum atomic E-state index is -0.977. The molecule has 0 aliphatic carbocycles. The molecule has 4 heteroatoms. The highest BCUT2D eigenvalue weighted by molar-refractivity contribution is 5.73.